The van der Waals surface area contributed by atoms with E-state index < -0.39 is 0 Å². The smallest absolute Gasteiger partial charge is 0.228 e. The number of rotatable bonds is 5. The van der Waals surface area contributed by atoms with Crippen LogP contribution in [0.4, 0.5) is 10.1 Å². The molecule has 1 unspecified atom stereocenters. The van der Waals surface area contributed by atoms with Crippen molar-refractivity contribution in [1.29, 1.82) is 0 Å². The molecular formula is C15H20ClFN2O2. The summed E-state index contributed by atoms with van der Waals surface area (Å²) in [7, 11) is 0. The van der Waals surface area contributed by atoms with Gasteiger partial charge in [0.15, 0.2) is 0 Å². The lowest BCUT2D eigenvalue weighted by molar-refractivity contribution is -0.119. The van der Waals surface area contributed by atoms with Gasteiger partial charge in [0.05, 0.1) is 18.2 Å². The zero-order valence-corrected chi connectivity index (χ0v) is 12.5. The largest absolute Gasteiger partial charge is 0.491 e. The lowest BCUT2D eigenvalue weighted by Gasteiger charge is -2.14. The van der Waals surface area contributed by atoms with Crippen LogP contribution in [0.1, 0.15) is 19.3 Å². The first kappa shape index (κ1) is 16.0. The Kier molecular flexibility index (Phi) is 5.42. The number of halogens is 2. The molecule has 2 aliphatic rings. The highest BCUT2D eigenvalue weighted by atomic mass is 35.5. The van der Waals surface area contributed by atoms with Gasteiger partial charge in [-0.25, -0.2) is 4.39 Å². The summed E-state index contributed by atoms with van der Waals surface area (Å²) in [5.74, 6) is 0.614. The Hall–Kier alpha value is -1.33. The van der Waals surface area contributed by atoms with Crippen LogP contribution in [0.3, 0.4) is 0 Å². The highest BCUT2D eigenvalue weighted by molar-refractivity contribution is 5.94. The average molecular weight is 315 g/mol. The number of hydrogen-bond donors (Lipinski definition) is 2. The molecule has 0 aromatic heterocycles. The van der Waals surface area contributed by atoms with E-state index in [-0.39, 0.29) is 30.0 Å². The minimum absolute atomic E-state index is 0. The van der Waals surface area contributed by atoms with E-state index in [1.807, 2.05) is 0 Å². The molecule has 2 N–H and O–H groups in total. The molecule has 116 valence electrons. The lowest BCUT2D eigenvalue weighted by Crippen LogP contribution is -2.25. The van der Waals surface area contributed by atoms with E-state index in [0.29, 0.717) is 30.5 Å². The van der Waals surface area contributed by atoms with Gasteiger partial charge >= 0.3 is 0 Å². The number of nitrogens with one attached hydrogen (secondary N) is 2. The Bertz CT molecular complexity index is 502. The molecule has 1 saturated carbocycles. The van der Waals surface area contributed by atoms with Crippen molar-refractivity contribution in [3.05, 3.63) is 24.0 Å². The maximum Gasteiger partial charge on any atom is 0.228 e. The van der Waals surface area contributed by atoms with Crippen molar-refractivity contribution < 1.29 is 13.9 Å². The second-order valence-corrected chi connectivity index (χ2v) is 5.57. The van der Waals surface area contributed by atoms with Crippen LogP contribution in [0.5, 0.6) is 5.75 Å². The molecule has 1 aromatic carbocycles. The van der Waals surface area contributed by atoms with Crippen LogP contribution in [0.15, 0.2) is 18.2 Å². The van der Waals surface area contributed by atoms with Gasteiger partial charge in [0.25, 0.3) is 0 Å². The third kappa shape index (κ3) is 4.32. The van der Waals surface area contributed by atoms with E-state index in [0.717, 1.165) is 13.0 Å². The van der Waals surface area contributed by atoms with E-state index in [1.165, 1.54) is 25.0 Å². The molecular weight excluding hydrogens is 295 g/mol. The normalized spacial score (nSPS) is 20.7. The van der Waals surface area contributed by atoms with Crippen LogP contribution < -0.4 is 15.4 Å². The molecule has 1 atom stereocenters. The number of anilines is 1. The number of carbonyl (C=O) groups is 1. The summed E-state index contributed by atoms with van der Waals surface area (Å²) in [5, 5.41) is 6.01. The SMILES string of the molecule is Cl.O=C(Nc1ccc(F)cc1OCC1CC1)C1CCNC1. The van der Waals surface area contributed by atoms with Gasteiger partial charge in [-0.1, -0.05) is 0 Å². The first-order valence-corrected chi connectivity index (χ1v) is 7.16. The van der Waals surface area contributed by atoms with E-state index in [2.05, 4.69) is 10.6 Å². The van der Waals surface area contributed by atoms with Crippen molar-refractivity contribution in [3.8, 4) is 5.75 Å². The van der Waals surface area contributed by atoms with Crippen LogP contribution in [-0.2, 0) is 4.79 Å². The van der Waals surface area contributed by atoms with E-state index in [9.17, 15) is 9.18 Å². The third-order valence-corrected chi connectivity index (χ3v) is 3.80. The van der Waals surface area contributed by atoms with Gasteiger partial charge in [-0.3, -0.25) is 4.79 Å². The molecule has 0 bridgehead atoms. The van der Waals surface area contributed by atoms with Crippen molar-refractivity contribution in [2.45, 2.75) is 19.3 Å². The molecule has 1 aliphatic heterocycles. The minimum Gasteiger partial charge on any atom is -0.491 e. The fourth-order valence-corrected chi connectivity index (χ4v) is 2.32. The Labute approximate surface area is 129 Å². The van der Waals surface area contributed by atoms with E-state index >= 15 is 0 Å². The fourth-order valence-electron chi connectivity index (χ4n) is 2.32. The highest BCUT2D eigenvalue weighted by Crippen LogP contribution is 2.32. The van der Waals surface area contributed by atoms with E-state index in [4.69, 9.17) is 4.74 Å². The molecule has 4 nitrogen and oxygen atoms in total. The molecule has 0 radical (unpaired) electrons. The number of hydrogen-bond acceptors (Lipinski definition) is 3. The molecule has 1 heterocycles. The quantitative estimate of drug-likeness (QED) is 0.878. The summed E-state index contributed by atoms with van der Waals surface area (Å²) < 4.78 is 19.0. The van der Waals surface area contributed by atoms with Gasteiger partial charge < -0.3 is 15.4 Å². The maximum atomic E-state index is 13.3. The van der Waals surface area contributed by atoms with Crippen molar-refractivity contribution in [2.24, 2.45) is 11.8 Å². The summed E-state index contributed by atoms with van der Waals surface area (Å²) >= 11 is 0. The second kappa shape index (κ2) is 7.09. The molecule has 2 fully saturated rings. The Morgan fingerprint density at radius 3 is 2.86 bits per heavy atom. The maximum absolute atomic E-state index is 13.3. The van der Waals surface area contributed by atoms with Gasteiger partial charge in [0.1, 0.15) is 11.6 Å². The van der Waals surface area contributed by atoms with Crippen LogP contribution in [0.2, 0.25) is 0 Å². The predicted octanol–water partition coefficient (Wildman–Crippen LogP) is 2.58. The average Bonchev–Trinajstić information content (AvgIpc) is 3.10. The number of carbonyl (C=O) groups excluding carboxylic acids is 1. The fraction of sp³-hybridized carbons (Fsp3) is 0.533. The Morgan fingerprint density at radius 1 is 1.38 bits per heavy atom. The molecule has 3 rings (SSSR count). The molecule has 6 heteroatoms. The van der Waals surface area contributed by atoms with Crippen LogP contribution in [0.25, 0.3) is 0 Å². The zero-order chi connectivity index (χ0) is 13.9. The summed E-state index contributed by atoms with van der Waals surface area (Å²) in [4.78, 5) is 12.1. The standard InChI is InChI=1S/C15H19FN2O2.ClH/c16-12-3-4-13(14(7-12)20-9-10-1-2-10)18-15(19)11-5-6-17-8-11;/h3-4,7,10-11,17H,1-2,5-6,8-9H2,(H,18,19);1H. The lowest BCUT2D eigenvalue weighted by atomic mass is 10.1. The highest BCUT2D eigenvalue weighted by Gasteiger charge is 2.25. The van der Waals surface area contributed by atoms with Gasteiger partial charge in [0.2, 0.25) is 5.91 Å². The Balaban J connectivity index is 0.00000161. The summed E-state index contributed by atoms with van der Waals surface area (Å²) in [6, 6.07) is 4.25. The predicted molar refractivity (Wildman–Crippen MR) is 81.5 cm³/mol. The second-order valence-electron chi connectivity index (χ2n) is 5.57. The summed E-state index contributed by atoms with van der Waals surface area (Å²) in [5.41, 5.74) is 0.559. The van der Waals surface area contributed by atoms with Gasteiger partial charge in [-0.2, -0.15) is 0 Å². The molecule has 1 amide bonds. The van der Waals surface area contributed by atoms with Crippen molar-refractivity contribution in [2.75, 3.05) is 25.0 Å². The van der Waals surface area contributed by atoms with E-state index in [1.54, 1.807) is 6.07 Å². The van der Waals surface area contributed by atoms with Crippen molar-refractivity contribution in [3.63, 3.8) is 0 Å². The molecule has 1 saturated heterocycles. The van der Waals surface area contributed by atoms with Gasteiger partial charge in [-0.15, -0.1) is 12.4 Å². The topological polar surface area (TPSA) is 50.4 Å². The minimum atomic E-state index is -0.351. The third-order valence-electron chi connectivity index (χ3n) is 3.80. The zero-order valence-electron chi connectivity index (χ0n) is 11.7. The first-order chi connectivity index (χ1) is 9.72. The summed E-state index contributed by atoms with van der Waals surface area (Å²) in [6.45, 7) is 2.16. The summed E-state index contributed by atoms with van der Waals surface area (Å²) in [6.07, 6.45) is 3.18. The van der Waals surface area contributed by atoms with Crippen LogP contribution in [0, 0.1) is 17.7 Å². The van der Waals surface area contributed by atoms with Crippen LogP contribution >= 0.6 is 12.4 Å². The van der Waals surface area contributed by atoms with Crippen LogP contribution in [-0.4, -0.2) is 25.6 Å². The number of amides is 1. The molecule has 21 heavy (non-hydrogen) atoms. The number of benzene rings is 1. The number of ether oxygens (including phenoxy) is 1. The van der Waals surface area contributed by atoms with Gasteiger partial charge in [-0.05, 0) is 43.9 Å². The molecule has 1 aliphatic carbocycles. The molecule has 0 spiro atoms. The van der Waals surface area contributed by atoms with Crippen molar-refractivity contribution in [1.82, 2.24) is 5.32 Å². The van der Waals surface area contributed by atoms with Crippen molar-refractivity contribution >= 4 is 24.0 Å². The molecule has 1 aromatic rings. The van der Waals surface area contributed by atoms with Gasteiger partial charge in [0, 0.05) is 12.6 Å². The monoisotopic (exact) mass is 314 g/mol. The Morgan fingerprint density at radius 2 is 2.19 bits per heavy atom. The first-order valence-electron chi connectivity index (χ1n) is 7.16.